The number of aromatic nitrogens is 6. The van der Waals surface area contributed by atoms with Crippen LogP contribution in [-0.2, 0) is 13.5 Å². The molecule has 0 saturated carbocycles. The Morgan fingerprint density at radius 1 is 1.21 bits per heavy atom. The Hall–Kier alpha value is -3.16. The second kappa shape index (κ2) is 7.84. The van der Waals surface area contributed by atoms with Crippen molar-refractivity contribution in [1.29, 1.82) is 0 Å². The number of hydrogen-bond acceptors (Lipinski definition) is 6. The maximum atomic E-state index is 12.9. The summed E-state index contributed by atoms with van der Waals surface area (Å²) < 4.78 is 1.94. The van der Waals surface area contributed by atoms with E-state index in [2.05, 4.69) is 24.9 Å². The van der Waals surface area contributed by atoms with Crippen LogP contribution in [0.3, 0.4) is 0 Å². The second-order valence-corrected chi connectivity index (χ2v) is 7.24. The Morgan fingerprint density at radius 2 is 2.11 bits per heavy atom. The van der Waals surface area contributed by atoms with Gasteiger partial charge in [-0.25, -0.2) is 24.9 Å². The van der Waals surface area contributed by atoms with Gasteiger partial charge < -0.3 is 9.47 Å². The van der Waals surface area contributed by atoms with Crippen molar-refractivity contribution < 1.29 is 4.79 Å². The number of amides is 1. The highest BCUT2D eigenvalue weighted by Gasteiger charge is 2.26. The Balaban J connectivity index is 1.47. The molecule has 8 nitrogen and oxygen atoms in total. The fraction of sp³-hybridized carbons (Fsp3) is 0.400. The summed E-state index contributed by atoms with van der Waals surface area (Å²) in [5.74, 6) is 1.20. The highest BCUT2D eigenvalue weighted by Crippen LogP contribution is 2.23. The molecule has 0 bridgehead atoms. The monoisotopic (exact) mass is 377 g/mol. The lowest BCUT2D eigenvalue weighted by atomic mass is 9.92. The van der Waals surface area contributed by atoms with Gasteiger partial charge >= 0.3 is 0 Å². The lowest BCUT2D eigenvalue weighted by Gasteiger charge is -2.33. The molecule has 0 aliphatic carbocycles. The normalized spacial score (nSPS) is 16.9. The molecule has 1 aliphatic heterocycles. The van der Waals surface area contributed by atoms with Crippen LogP contribution < -0.4 is 0 Å². The third kappa shape index (κ3) is 3.76. The molecule has 0 radical (unpaired) electrons. The minimum absolute atomic E-state index is 0.0131. The van der Waals surface area contributed by atoms with E-state index >= 15 is 0 Å². The molecule has 3 aromatic heterocycles. The lowest BCUT2D eigenvalue weighted by Crippen LogP contribution is -2.41. The first-order valence-corrected chi connectivity index (χ1v) is 9.46. The molecule has 1 amide bonds. The maximum Gasteiger partial charge on any atom is 0.257 e. The Labute approximate surface area is 163 Å². The van der Waals surface area contributed by atoms with E-state index in [1.54, 1.807) is 18.7 Å². The molecule has 28 heavy (non-hydrogen) atoms. The van der Waals surface area contributed by atoms with Crippen LogP contribution in [0.1, 0.15) is 34.6 Å². The van der Waals surface area contributed by atoms with Crippen molar-refractivity contribution >= 4 is 5.91 Å². The predicted octanol–water partition coefficient (Wildman–Crippen LogP) is 2.07. The van der Waals surface area contributed by atoms with E-state index < -0.39 is 0 Å². The quantitative estimate of drug-likeness (QED) is 0.691. The van der Waals surface area contributed by atoms with Gasteiger partial charge in [0.05, 0.1) is 11.3 Å². The zero-order valence-corrected chi connectivity index (χ0v) is 16.1. The molecular weight excluding hydrogens is 354 g/mol. The fourth-order valence-corrected chi connectivity index (χ4v) is 3.73. The summed E-state index contributed by atoms with van der Waals surface area (Å²) in [5.41, 5.74) is 3.10. The Morgan fingerprint density at radius 3 is 2.89 bits per heavy atom. The van der Waals surface area contributed by atoms with Crippen LogP contribution in [0.25, 0.3) is 11.5 Å². The zero-order chi connectivity index (χ0) is 19.5. The van der Waals surface area contributed by atoms with Crippen molar-refractivity contribution in [2.24, 2.45) is 13.0 Å². The summed E-state index contributed by atoms with van der Waals surface area (Å²) in [5, 5.41) is 0. The van der Waals surface area contributed by atoms with Crippen LogP contribution >= 0.6 is 0 Å². The molecule has 0 unspecified atom stereocenters. The van der Waals surface area contributed by atoms with E-state index in [9.17, 15) is 4.79 Å². The first-order chi connectivity index (χ1) is 13.6. The number of hydrogen-bond donors (Lipinski definition) is 0. The molecule has 1 fully saturated rings. The van der Waals surface area contributed by atoms with Crippen LogP contribution in [0.4, 0.5) is 0 Å². The number of piperidine rings is 1. The molecule has 0 aromatic carbocycles. The molecule has 0 spiro atoms. The molecule has 1 saturated heterocycles. The second-order valence-electron chi connectivity index (χ2n) is 7.24. The highest BCUT2D eigenvalue weighted by atomic mass is 16.2. The minimum atomic E-state index is 0.0131. The molecule has 4 rings (SSSR count). The zero-order valence-electron chi connectivity index (χ0n) is 16.1. The Kier molecular flexibility index (Phi) is 5.10. The van der Waals surface area contributed by atoms with Crippen LogP contribution in [0, 0.1) is 12.8 Å². The average Bonchev–Trinajstić information content (AvgIpc) is 3.14. The summed E-state index contributed by atoms with van der Waals surface area (Å²) in [7, 11) is 1.95. The molecule has 4 heterocycles. The van der Waals surface area contributed by atoms with Gasteiger partial charge in [-0.2, -0.15) is 0 Å². The summed E-state index contributed by atoms with van der Waals surface area (Å²) in [4.78, 5) is 36.1. The van der Waals surface area contributed by atoms with E-state index in [-0.39, 0.29) is 5.91 Å². The third-order valence-corrected chi connectivity index (χ3v) is 5.22. The summed E-state index contributed by atoms with van der Waals surface area (Å²) >= 11 is 0. The van der Waals surface area contributed by atoms with Gasteiger partial charge in [-0.05, 0) is 38.2 Å². The van der Waals surface area contributed by atoms with E-state index in [1.165, 1.54) is 6.33 Å². The number of carbonyl (C=O) groups is 1. The van der Waals surface area contributed by atoms with Crippen molar-refractivity contribution in [2.45, 2.75) is 26.2 Å². The molecular formula is C20H23N7O. The summed E-state index contributed by atoms with van der Waals surface area (Å²) in [6.45, 7) is 3.33. The van der Waals surface area contributed by atoms with E-state index in [0.29, 0.717) is 11.5 Å². The fourth-order valence-electron chi connectivity index (χ4n) is 3.73. The van der Waals surface area contributed by atoms with E-state index in [4.69, 9.17) is 0 Å². The van der Waals surface area contributed by atoms with Crippen molar-refractivity contribution in [3.05, 3.63) is 54.3 Å². The van der Waals surface area contributed by atoms with Gasteiger partial charge in [0.15, 0.2) is 5.82 Å². The van der Waals surface area contributed by atoms with E-state index in [1.807, 2.05) is 35.7 Å². The van der Waals surface area contributed by atoms with Gasteiger partial charge in [0, 0.05) is 44.4 Å². The topological polar surface area (TPSA) is 89.7 Å². The predicted molar refractivity (Wildman–Crippen MR) is 103 cm³/mol. The van der Waals surface area contributed by atoms with Gasteiger partial charge in [-0.3, -0.25) is 4.79 Å². The molecule has 1 atom stereocenters. The third-order valence-electron chi connectivity index (χ3n) is 5.22. The Bertz CT molecular complexity index is 984. The summed E-state index contributed by atoms with van der Waals surface area (Å²) in [6.07, 6.45) is 11.2. The molecule has 8 heteroatoms. The van der Waals surface area contributed by atoms with Gasteiger partial charge in [0.25, 0.3) is 5.91 Å². The number of imidazole rings is 1. The lowest BCUT2D eigenvalue weighted by molar-refractivity contribution is 0.0671. The van der Waals surface area contributed by atoms with Gasteiger partial charge in [0.1, 0.15) is 18.3 Å². The van der Waals surface area contributed by atoms with Gasteiger partial charge in [-0.15, -0.1) is 0 Å². The van der Waals surface area contributed by atoms with Crippen molar-refractivity contribution in [3.63, 3.8) is 0 Å². The minimum Gasteiger partial charge on any atom is -0.338 e. The highest BCUT2D eigenvalue weighted by molar-refractivity contribution is 5.94. The number of carbonyl (C=O) groups excluding carboxylic acids is 1. The molecule has 0 N–H and O–H groups in total. The van der Waals surface area contributed by atoms with Crippen LogP contribution in [0.15, 0.2) is 37.3 Å². The van der Waals surface area contributed by atoms with Crippen LogP contribution in [0.2, 0.25) is 0 Å². The number of nitrogens with zero attached hydrogens (tertiary/aromatic N) is 7. The first kappa shape index (κ1) is 18.2. The summed E-state index contributed by atoms with van der Waals surface area (Å²) in [6, 6.07) is 2.00. The first-order valence-electron chi connectivity index (χ1n) is 9.46. The maximum absolute atomic E-state index is 12.9. The molecule has 1 aliphatic rings. The number of aryl methyl sites for hydroxylation is 2. The molecule has 144 valence electrons. The van der Waals surface area contributed by atoms with Gasteiger partial charge in [-0.1, -0.05) is 0 Å². The number of rotatable bonds is 4. The van der Waals surface area contributed by atoms with Crippen molar-refractivity contribution in [2.75, 3.05) is 13.1 Å². The standard InChI is InChI=1S/C20H23N7O/c1-14-17(10-21-12-23-14)20(28)27-6-3-4-15(11-27)8-16-9-18(25-13-24-16)19-22-5-7-26(19)2/h5,7,9-10,12-13,15H,3-4,6,8,11H2,1-2H3/t15-/m0/s1. The average molecular weight is 377 g/mol. The largest absolute Gasteiger partial charge is 0.338 e. The van der Waals surface area contributed by atoms with Crippen molar-refractivity contribution in [3.8, 4) is 11.5 Å². The van der Waals surface area contributed by atoms with Gasteiger partial charge in [0.2, 0.25) is 0 Å². The van der Waals surface area contributed by atoms with E-state index in [0.717, 1.165) is 55.3 Å². The van der Waals surface area contributed by atoms with Crippen molar-refractivity contribution in [1.82, 2.24) is 34.4 Å². The van der Waals surface area contributed by atoms with Crippen LogP contribution in [0.5, 0.6) is 0 Å². The molecule has 3 aromatic rings. The number of likely N-dealkylation sites (tertiary alicyclic amines) is 1. The SMILES string of the molecule is Cc1ncncc1C(=O)N1CCC[C@@H](Cc2cc(-c3nccn3C)ncn2)C1. The smallest absolute Gasteiger partial charge is 0.257 e. The van der Waals surface area contributed by atoms with Crippen LogP contribution in [-0.4, -0.2) is 53.4 Å².